The molecule has 0 radical (unpaired) electrons. The molecule has 62 heavy (non-hydrogen) atoms. The zero-order valence-electron chi connectivity index (χ0n) is 34.5. The van der Waals surface area contributed by atoms with Crippen molar-refractivity contribution in [3.05, 3.63) is 282 Å². The number of nitrogens with zero attached hydrogens (tertiary/aromatic N) is 1. The van der Waals surface area contributed by atoms with Crippen LogP contribution in [0, 0.1) is 0 Å². The topological polar surface area (TPSA) is 3.24 Å². The molecule has 1 heteroatoms. The van der Waals surface area contributed by atoms with Crippen LogP contribution in [0.4, 0.5) is 17.1 Å². The molecular weight excluding hydrogens is 747 g/mol. The summed E-state index contributed by atoms with van der Waals surface area (Å²) in [7, 11) is 0. The minimum atomic E-state index is -0.530. The fourth-order valence-corrected chi connectivity index (χ4v) is 11.1. The lowest BCUT2D eigenvalue weighted by Crippen LogP contribution is -2.28. The van der Waals surface area contributed by atoms with Gasteiger partial charge in [-0.1, -0.05) is 212 Å². The Balaban J connectivity index is 1.16. The van der Waals surface area contributed by atoms with Crippen LogP contribution in [0.1, 0.15) is 45.9 Å². The monoisotopic (exact) mass is 789 g/mol. The van der Waals surface area contributed by atoms with E-state index in [0.29, 0.717) is 0 Å². The molecule has 0 saturated carbocycles. The number of hydrogen-bond donors (Lipinski definition) is 0. The van der Waals surface area contributed by atoms with Crippen molar-refractivity contribution in [3.8, 4) is 33.4 Å². The molecule has 292 valence electrons. The fraction of sp³-hybridized carbons (Fsp3) is 0.0492. The van der Waals surface area contributed by atoms with Gasteiger partial charge >= 0.3 is 0 Å². The van der Waals surface area contributed by atoms with E-state index >= 15 is 0 Å². The van der Waals surface area contributed by atoms with Gasteiger partial charge in [0.05, 0.1) is 11.1 Å². The third-order valence-corrected chi connectivity index (χ3v) is 13.8. The first-order chi connectivity index (χ1) is 30.7. The standard InChI is InChI=1S/C61H43N/c1-60(44-23-5-2-6-24-44)54-34-15-14-32-53(54)59-56(60)36-19-37-58(59)62(47-29-17-22-43(40-47)50-33-18-21-42-20-11-12-30-49(42)50)48-38-39-52-51-31-13-16-35-55(51)61(57(52)41-48,45-25-7-3-8-26-45)46-27-9-4-10-28-46/h2-41H,1H3. The van der Waals surface area contributed by atoms with Gasteiger partial charge in [0.1, 0.15) is 0 Å². The van der Waals surface area contributed by atoms with Crippen LogP contribution in [0.5, 0.6) is 0 Å². The molecule has 10 aromatic carbocycles. The molecule has 0 bridgehead atoms. The van der Waals surface area contributed by atoms with Crippen molar-refractivity contribution in [1.29, 1.82) is 0 Å². The maximum Gasteiger partial charge on any atom is 0.0714 e. The predicted molar refractivity (Wildman–Crippen MR) is 259 cm³/mol. The predicted octanol–water partition coefficient (Wildman–Crippen LogP) is 15.7. The number of fused-ring (bicyclic) bond motifs is 7. The Labute approximate surface area is 363 Å². The van der Waals surface area contributed by atoms with Gasteiger partial charge in [-0.25, -0.2) is 0 Å². The Morgan fingerprint density at radius 2 is 0.871 bits per heavy atom. The highest BCUT2D eigenvalue weighted by molar-refractivity contribution is 6.00. The van der Waals surface area contributed by atoms with E-state index in [1.54, 1.807) is 0 Å². The largest absolute Gasteiger partial charge is 0.310 e. The Bertz CT molecular complexity index is 3270. The summed E-state index contributed by atoms with van der Waals surface area (Å²) in [6.45, 7) is 2.41. The van der Waals surface area contributed by atoms with Crippen LogP contribution < -0.4 is 4.90 Å². The summed E-state index contributed by atoms with van der Waals surface area (Å²) in [5, 5.41) is 2.49. The van der Waals surface area contributed by atoms with Gasteiger partial charge in [-0.15, -0.1) is 0 Å². The molecule has 1 atom stereocenters. The van der Waals surface area contributed by atoms with Crippen LogP contribution in [0.3, 0.4) is 0 Å². The molecule has 2 aliphatic carbocycles. The molecule has 0 amide bonds. The van der Waals surface area contributed by atoms with E-state index in [-0.39, 0.29) is 5.41 Å². The van der Waals surface area contributed by atoms with Gasteiger partial charge in [0.15, 0.2) is 0 Å². The first kappa shape index (κ1) is 36.1. The van der Waals surface area contributed by atoms with Crippen LogP contribution >= 0.6 is 0 Å². The highest BCUT2D eigenvalue weighted by atomic mass is 15.1. The molecule has 0 aliphatic heterocycles. The maximum absolute atomic E-state index is 2.53. The lowest BCUT2D eigenvalue weighted by molar-refractivity contribution is 0.714. The van der Waals surface area contributed by atoms with Crippen molar-refractivity contribution in [2.24, 2.45) is 0 Å². The molecular formula is C61H43N. The Kier molecular flexibility index (Phi) is 8.27. The lowest BCUT2D eigenvalue weighted by atomic mass is 9.67. The molecule has 0 saturated heterocycles. The molecule has 12 rings (SSSR count). The lowest BCUT2D eigenvalue weighted by Gasteiger charge is -2.35. The highest BCUT2D eigenvalue weighted by Gasteiger charge is 2.47. The molecule has 0 heterocycles. The van der Waals surface area contributed by atoms with Crippen LogP contribution in [-0.4, -0.2) is 0 Å². The van der Waals surface area contributed by atoms with Crippen molar-refractivity contribution >= 4 is 27.8 Å². The molecule has 10 aromatic rings. The summed E-state index contributed by atoms with van der Waals surface area (Å²) in [5.74, 6) is 0. The number of anilines is 3. The van der Waals surface area contributed by atoms with E-state index in [1.165, 1.54) is 83.1 Å². The average molecular weight is 790 g/mol. The number of benzene rings is 10. The zero-order chi connectivity index (χ0) is 41.3. The van der Waals surface area contributed by atoms with Gasteiger partial charge in [-0.05, 0) is 115 Å². The average Bonchev–Trinajstić information content (AvgIpc) is 3.80. The summed E-state index contributed by atoms with van der Waals surface area (Å²) >= 11 is 0. The quantitative estimate of drug-likeness (QED) is 0.155. The van der Waals surface area contributed by atoms with E-state index in [2.05, 4.69) is 254 Å². The normalized spacial score (nSPS) is 15.4. The molecule has 0 N–H and O–H groups in total. The maximum atomic E-state index is 2.53. The molecule has 1 unspecified atom stereocenters. The van der Waals surface area contributed by atoms with Crippen LogP contribution in [0.15, 0.2) is 243 Å². The van der Waals surface area contributed by atoms with E-state index in [4.69, 9.17) is 0 Å². The summed E-state index contributed by atoms with van der Waals surface area (Å²) in [6, 6.07) is 90.0. The van der Waals surface area contributed by atoms with Gasteiger partial charge in [0.2, 0.25) is 0 Å². The summed E-state index contributed by atoms with van der Waals surface area (Å²) in [6.07, 6.45) is 0. The number of hydrogen-bond acceptors (Lipinski definition) is 1. The van der Waals surface area contributed by atoms with Crippen molar-refractivity contribution in [3.63, 3.8) is 0 Å². The third kappa shape index (κ3) is 5.22. The second-order valence-electron chi connectivity index (χ2n) is 16.9. The van der Waals surface area contributed by atoms with Gasteiger partial charge in [0.25, 0.3) is 0 Å². The molecule has 0 spiro atoms. The minimum absolute atomic E-state index is 0.338. The minimum Gasteiger partial charge on any atom is -0.310 e. The highest BCUT2D eigenvalue weighted by Crippen LogP contribution is 2.59. The third-order valence-electron chi connectivity index (χ3n) is 13.8. The molecule has 0 aromatic heterocycles. The molecule has 2 aliphatic rings. The van der Waals surface area contributed by atoms with Gasteiger partial charge in [-0.2, -0.15) is 0 Å². The Hall–Kier alpha value is -7.74. The van der Waals surface area contributed by atoms with Crippen LogP contribution in [0.25, 0.3) is 44.2 Å². The first-order valence-electron chi connectivity index (χ1n) is 21.7. The van der Waals surface area contributed by atoms with Crippen molar-refractivity contribution in [2.45, 2.75) is 17.8 Å². The van der Waals surface area contributed by atoms with E-state index < -0.39 is 5.41 Å². The van der Waals surface area contributed by atoms with E-state index in [1.807, 2.05) is 0 Å². The smallest absolute Gasteiger partial charge is 0.0714 e. The summed E-state index contributed by atoms with van der Waals surface area (Å²) in [5.41, 5.74) is 19.0. The van der Waals surface area contributed by atoms with Crippen LogP contribution in [0.2, 0.25) is 0 Å². The van der Waals surface area contributed by atoms with E-state index in [9.17, 15) is 0 Å². The first-order valence-corrected chi connectivity index (χ1v) is 21.7. The Morgan fingerprint density at radius 3 is 1.63 bits per heavy atom. The Morgan fingerprint density at radius 1 is 0.339 bits per heavy atom. The van der Waals surface area contributed by atoms with Crippen molar-refractivity contribution < 1.29 is 0 Å². The van der Waals surface area contributed by atoms with Crippen molar-refractivity contribution in [1.82, 2.24) is 0 Å². The second kappa shape index (κ2) is 14.2. The molecule has 0 fully saturated rings. The fourth-order valence-electron chi connectivity index (χ4n) is 11.1. The summed E-state index contributed by atoms with van der Waals surface area (Å²) in [4.78, 5) is 2.53. The zero-order valence-corrected chi connectivity index (χ0v) is 34.5. The molecule has 1 nitrogen and oxygen atoms in total. The summed E-state index contributed by atoms with van der Waals surface area (Å²) < 4.78 is 0. The van der Waals surface area contributed by atoms with Crippen molar-refractivity contribution in [2.75, 3.05) is 4.90 Å². The van der Waals surface area contributed by atoms with Crippen LogP contribution in [-0.2, 0) is 10.8 Å². The van der Waals surface area contributed by atoms with Gasteiger partial charge in [0, 0.05) is 22.4 Å². The SMILES string of the molecule is CC1(c2ccccc2)c2ccccc2-c2c(N(c3cccc(-c4cccc5ccccc45)c3)c3ccc4c(c3)C(c3ccccc3)(c3ccccc3)c3ccccc3-4)cccc21. The number of rotatable bonds is 7. The van der Waals surface area contributed by atoms with Gasteiger partial charge in [-0.3, -0.25) is 0 Å². The van der Waals surface area contributed by atoms with E-state index in [0.717, 1.165) is 17.1 Å². The van der Waals surface area contributed by atoms with Gasteiger partial charge < -0.3 is 4.90 Å². The second-order valence-corrected chi connectivity index (χ2v) is 16.9.